The van der Waals surface area contributed by atoms with Crippen LogP contribution in [0, 0.1) is 0 Å². The standard InChI is InChI=1S/C48H43N3OS/c1-47(2,3)33-29-39(45(52)40(30-33)48(4,5)6)46-50-44-38(25-16-26-42(44)53-46)43-37-24-14-13-17-31(37)28-41(49-43)32-18-15-23-36(27-32)51(34-19-9-7-10-20-34)35-21-11-8-12-22-35/h7-30,52H,1-6H3. The van der Waals surface area contributed by atoms with Gasteiger partial charge in [0.25, 0.3) is 0 Å². The lowest BCUT2D eigenvalue weighted by Gasteiger charge is -2.27. The predicted octanol–water partition coefficient (Wildman–Crippen LogP) is 13.6. The van der Waals surface area contributed by atoms with Crippen LogP contribution < -0.4 is 4.90 Å². The van der Waals surface area contributed by atoms with Crippen LogP contribution in [-0.4, -0.2) is 15.1 Å². The van der Waals surface area contributed by atoms with Crippen molar-refractivity contribution in [3.63, 3.8) is 0 Å². The van der Waals surface area contributed by atoms with Crippen molar-refractivity contribution in [1.29, 1.82) is 0 Å². The summed E-state index contributed by atoms with van der Waals surface area (Å²) in [5.74, 6) is 0.302. The van der Waals surface area contributed by atoms with Crippen LogP contribution >= 0.6 is 11.3 Å². The third-order valence-electron chi connectivity index (χ3n) is 9.86. The molecule has 0 aliphatic carbocycles. The van der Waals surface area contributed by atoms with Gasteiger partial charge in [-0.1, -0.05) is 133 Å². The number of fused-ring (bicyclic) bond motifs is 2. The molecule has 53 heavy (non-hydrogen) atoms. The number of aromatic nitrogens is 2. The minimum absolute atomic E-state index is 0.0932. The van der Waals surface area contributed by atoms with Gasteiger partial charge in [0.1, 0.15) is 10.8 Å². The van der Waals surface area contributed by atoms with Crippen molar-refractivity contribution in [3.8, 4) is 38.8 Å². The Hall–Kier alpha value is -5.78. The molecule has 2 heterocycles. The molecular weight excluding hydrogens is 667 g/mol. The molecule has 5 heteroatoms. The molecule has 8 aromatic rings. The molecule has 0 bridgehead atoms. The fourth-order valence-electron chi connectivity index (χ4n) is 7.01. The molecule has 1 N–H and O–H groups in total. The summed E-state index contributed by atoms with van der Waals surface area (Å²) in [4.78, 5) is 13.0. The number of pyridine rings is 1. The molecule has 0 radical (unpaired) electrons. The van der Waals surface area contributed by atoms with Gasteiger partial charge in [0, 0.05) is 39.1 Å². The Morgan fingerprint density at radius 2 is 1.21 bits per heavy atom. The molecule has 4 nitrogen and oxygen atoms in total. The van der Waals surface area contributed by atoms with Crippen LogP contribution in [0.3, 0.4) is 0 Å². The van der Waals surface area contributed by atoms with Gasteiger partial charge in [0.2, 0.25) is 0 Å². The number of phenolic OH excluding ortho intramolecular Hbond substituents is 1. The summed E-state index contributed by atoms with van der Waals surface area (Å²) in [5.41, 5.74) is 10.4. The first-order valence-corrected chi connectivity index (χ1v) is 19.0. The molecule has 0 unspecified atom stereocenters. The van der Waals surface area contributed by atoms with Gasteiger partial charge in [-0.05, 0) is 76.4 Å². The lowest BCUT2D eigenvalue weighted by molar-refractivity contribution is 0.446. The summed E-state index contributed by atoms with van der Waals surface area (Å²) < 4.78 is 1.05. The van der Waals surface area contributed by atoms with E-state index in [4.69, 9.17) is 9.97 Å². The van der Waals surface area contributed by atoms with Gasteiger partial charge in [0.15, 0.2) is 0 Å². The zero-order chi connectivity index (χ0) is 36.9. The van der Waals surface area contributed by atoms with E-state index in [1.54, 1.807) is 11.3 Å². The quantitative estimate of drug-likeness (QED) is 0.187. The number of anilines is 3. The van der Waals surface area contributed by atoms with E-state index >= 15 is 0 Å². The third-order valence-corrected chi connectivity index (χ3v) is 10.9. The van der Waals surface area contributed by atoms with E-state index in [1.807, 2.05) is 12.1 Å². The van der Waals surface area contributed by atoms with Crippen LogP contribution in [0.25, 0.3) is 54.1 Å². The maximum absolute atomic E-state index is 11.7. The smallest absolute Gasteiger partial charge is 0.129 e. The number of hydrogen-bond donors (Lipinski definition) is 1. The topological polar surface area (TPSA) is 49.2 Å². The molecule has 2 aromatic heterocycles. The molecule has 262 valence electrons. The van der Waals surface area contributed by atoms with Crippen LogP contribution in [-0.2, 0) is 10.8 Å². The molecule has 0 amide bonds. The normalized spacial score (nSPS) is 12.0. The summed E-state index contributed by atoms with van der Waals surface area (Å²) in [5, 5.41) is 14.7. The van der Waals surface area contributed by atoms with Crippen LogP contribution in [0.5, 0.6) is 5.75 Å². The molecule has 6 aromatic carbocycles. The molecule has 0 saturated carbocycles. The van der Waals surface area contributed by atoms with Crippen molar-refractivity contribution in [1.82, 2.24) is 9.97 Å². The Balaban J connectivity index is 1.29. The maximum atomic E-state index is 11.7. The van der Waals surface area contributed by atoms with Crippen molar-refractivity contribution < 1.29 is 5.11 Å². The highest BCUT2D eigenvalue weighted by atomic mass is 32.1. The Kier molecular flexibility index (Phi) is 8.63. The van der Waals surface area contributed by atoms with Gasteiger partial charge in [-0.25, -0.2) is 9.97 Å². The minimum Gasteiger partial charge on any atom is -0.507 e. The highest BCUT2D eigenvalue weighted by Gasteiger charge is 2.27. The number of rotatable bonds is 6. The average molecular weight is 710 g/mol. The Morgan fingerprint density at radius 3 is 1.89 bits per heavy atom. The fraction of sp³-hybridized carbons (Fsp3) is 0.167. The molecule has 0 spiro atoms. The van der Waals surface area contributed by atoms with Gasteiger partial charge < -0.3 is 10.0 Å². The van der Waals surface area contributed by atoms with Crippen LogP contribution in [0.2, 0.25) is 0 Å². The zero-order valence-electron chi connectivity index (χ0n) is 31.1. The molecule has 0 fully saturated rings. The summed E-state index contributed by atoms with van der Waals surface area (Å²) >= 11 is 1.61. The second-order valence-corrected chi connectivity index (χ2v) is 16.8. The van der Waals surface area contributed by atoms with E-state index < -0.39 is 0 Å². The van der Waals surface area contributed by atoms with Crippen molar-refractivity contribution in [2.75, 3.05) is 4.90 Å². The van der Waals surface area contributed by atoms with Gasteiger partial charge in [-0.3, -0.25) is 0 Å². The Morgan fingerprint density at radius 1 is 0.566 bits per heavy atom. The number of thiazole rings is 1. The molecular formula is C48H43N3OS. The van der Waals surface area contributed by atoms with E-state index in [-0.39, 0.29) is 10.8 Å². The largest absolute Gasteiger partial charge is 0.507 e. The molecule has 0 saturated heterocycles. The first kappa shape index (κ1) is 34.3. The van der Waals surface area contributed by atoms with Crippen molar-refractivity contribution in [2.24, 2.45) is 0 Å². The number of benzene rings is 6. The Bertz CT molecular complexity index is 2560. The van der Waals surface area contributed by atoms with Gasteiger partial charge >= 0.3 is 0 Å². The number of aromatic hydroxyl groups is 1. The van der Waals surface area contributed by atoms with Crippen LogP contribution in [0.4, 0.5) is 17.1 Å². The molecule has 8 rings (SSSR count). The second-order valence-electron chi connectivity index (χ2n) is 15.7. The summed E-state index contributed by atoms with van der Waals surface area (Å²) in [6.45, 7) is 13.1. The number of hydrogen-bond acceptors (Lipinski definition) is 5. The average Bonchev–Trinajstić information content (AvgIpc) is 3.59. The zero-order valence-corrected chi connectivity index (χ0v) is 31.9. The minimum atomic E-state index is -0.234. The molecule has 0 aliphatic rings. The van der Waals surface area contributed by atoms with E-state index in [0.29, 0.717) is 5.75 Å². The van der Waals surface area contributed by atoms with E-state index in [2.05, 4.69) is 180 Å². The van der Waals surface area contributed by atoms with Crippen molar-refractivity contribution in [2.45, 2.75) is 52.4 Å². The maximum Gasteiger partial charge on any atom is 0.129 e. The first-order valence-electron chi connectivity index (χ1n) is 18.1. The van der Waals surface area contributed by atoms with Crippen LogP contribution in [0.15, 0.2) is 146 Å². The van der Waals surface area contributed by atoms with Crippen molar-refractivity contribution >= 4 is 49.4 Å². The van der Waals surface area contributed by atoms with E-state index in [9.17, 15) is 5.11 Å². The van der Waals surface area contributed by atoms with Crippen molar-refractivity contribution in [3.05, 3.63) is 157 Å². The van der Waals surface area contributed by atoms with E-state index in [1.165, 1.54) is 5.56 Å². The van der Waals surface area contributed by atoms with Gasteiger partial charge in [-0.2, -0.15) is 0 Å². The SMILES string of the molecule is CC(C)(C)c1cc(-c2nc3c(-c4nc(-c5cccc(N(c6ccccc6)c6ccccc6)c5)cc5ccccc45)cccc3s2)c(O)c(C(C)(C)C)c1. The summed E-state index contributed by atoms with van der Waals surface area (Å²) in [6.07, 6.45) is 0. The number of nitrogens with zero attached hydrogens (tertiary/aromatic N) is 3. The lowest BCUT2D eigenvalue weighted by atomic mass is 9.79. The fourth-order valence-corrected chi connectivity index (χ4v) is 8.02. The Labute approximate surface area is 316 Å². The first-order chi connectivity index (χ1) is 25.5. The number of para-hydroxylation sites is 3. The third kappa shape index (κ3) is 6.58. The van der Waals surface area contributed by atoms with Crippen LogP contribution in [0.1, 0.15) is 52.7 Å². The molecule has 0 atom stereocenters. The number of phenols is 1. The summed E-state index contributed by atoms with van der Waals surface area (Å²) in [6, 6.07) is 50.8. The highest BCUT2D eigenvalue weighted by molar-refractivity contribution is 7.21. The summed E-state index contributed by atoms with van der Waals surface area (Å²) in [7, 11) is 0. The monoisotopic (exact) mass is 709 g/mol. The van der Waals surface area contributed by atoms with Gasteiger partial charge in [-0.15, -0.1) is 11.3 Å². The van der Waals surface area contributed by atoms with E-state index in [0.717, 1.165) is 76.7 Å². The second kappa shape index (κ2) is 13.3. The predicted molar refractivity (Wildman–Crippen MR) is 225 cm³/mol. The van der Waals surface area contributed by atoms with Gasteiger partial charge in [0.05, 0.1) is 27.2 Å². The highest BCUT2D eigenvalue weighted by Crippen LogP contribution is 2.46. The molecule has 0 aliphatic heterocycles. The lowest BCUT2D eigenvalue weighted by Crippen LogP contribution is -2.17.